The van der Waals surface area contributed by atoms with Crippen molar-refractivity contribution in [3.63, 3.8) is 0 Å². The fourth-order valence-corrected chi connectivity index (χ4v) is 2.88. The minimum Gasteiger partial charge on any atom is -0.385 e. The highest BCUT2D eigenvalue weighted by Gasteiger charge is 2.24. The van der Waals surface area contributed by atoms with Gasteiger partial charge in [0.15, 0.2) is 5.96 Å². The van der Waals surface area contributed by atoms with Crippen molar-refractivity contribution in [2.45, 2.75) is 19.8 Å². The largest absolute Gasteiger partial charge is 0.385 e. The van der Waals surface area contributed by atoms with Gasteiger partial charge in [0.25, 0.3) is 0 Å². The second-order valence-corrected chi connectivity index (χ2v) is 5.94. The number of methoxy groups -OCH3 is 1. The second-order valence-electron chi connectivity index (χ2n) is 5.94. The summed E-state index contributed by atoms with van der Waals surface area (Å²) in [6, 6.07) is 10.3. The van der Waals surface area contributed by atoms with Gasteiger partial charge < -0.3 is 20.3 Å². The van der Waals surface area contributed by atoms with Gasteiger partial charge in [-0.3, -0.25) is 4.99 Å². The zero-order chi connectivity index (χ0) is 16.3. The predicted octanol–water partition coefficient (Wildman–Crippen LogP) is 2.42. The van der Waals surface area contributed by atoms with Gasteiger partial charge >= 0.3 is 0 Å². The first kappa shape index (κ1) is 17.6. The predicted molar refractivity (Wildman–Crippen MR) is 97.1 cm³/mol. The lowest BCUT2D eigenvalue weighted by Crippen LogP contribution is -2.40. The second kappa shape index (κ2) is 10.1. The van der Waals surface area contributed by atoms with Gasteiger partial charge in [-0.2, -0.15) is 0 Å². The van der Waals surface area contributed by atoms with E-state index in [0.29, 0.717) is 5.92 Å². The van der Waals surface area contributed by atoms with E-state index in [9.17, 15) is 0 Å². The maximum absolute atomic E-state index is 5.27. The van der Waals surface area contributed by atoms with Crippen molar-refractivity contribution in [2.75, 3.05) is 51.8 Å². The van der Waals surface area contributed by atoms with Gasteiger partial charge in [-0.25, -0.2) is 0 Å². The molecule has 1 saturated heterocycles. The summed E-state index contributed by atoms with van der Waals surface area (Å²) in [7, 11) is 1.78. The van der Waals surface area contributed by atoms with Crippen LogP contribution in [0.15, 0.2) is 35.3 Å². The lowest BCUT2D eigenvalue weighted by Gasteiger charge is -2.21. The van der Waals surface area contributed by atoms with E-state index in [1.165, 1.54) is 12.1 Å². The summed E-state index contributed by atoms with van der Waals surface area (Å²) < 4.78 is 5.27. The summed E-state index contributed by atoms with van der Waals surface area (Å²) in [6.45, 7) is 7.77. The number of guanidine groups is 1. The van der Waals surface area contributed by atoms with E-state index in [1.807, 2.05) is 18.2 Å². The Morgan fingerprint density at radius 2 is 2.17 bits per heavy atom. The van der Waals surface area contributed by atoms with E-state index < -0.39 is 0 Å². The molecule has 23 heavy (non-hydrogen) atoms. The van der Waals surface area contributed by atoms with E-state index >= 15 is 0 Å². The summed E-state index contributed by atoms with van der Waals surface area (Å²) in [4.78, 5) is 7.13. The highest BCUT2D eigenvalue weighted by Crippen LogP contribution is 2.16. The van der Waals surface area contributed by atoms with Crippen LogP contribution in [-0.4, -0.2) is 57.3 Å². The van der Waals surface area contributed by atoms with Crippen molar-refractivity contribution in [1.82, 2.24) is 10.2 Å². The molecule has 0 saturated carbocycles. The number of aliphatic imine (C=N–C) groups is 1. The number of para-hydroxylation sites is 1. The first-order chi connectivity index (χ1) is 11.3. The third-order valence-electron chi connectivity index (χ3n) is 4.02. The summed E-state index contributed by atoms with van der Waals surface area (Å²) >= 11 is 0. The Morgan fingerprint density at radius 1 is 1.35 bits per heavy atom. The van der Waals surface area contributed by atoms with Crippen molar-refractivity contribution in [2.24, 2.45) is 10.9 Å². The number of nitrogens with zero attached hydrogens (tertiary/aromatic N) is 2. The van der Waals surface area contributed by atoms with E-state index in [2.05, 4.69) is 34.6 Å². The molecule has 2 N–H and O–H groups in total. The standard InChI is InChI=1S/C18H30N4O/c1-3-19-18(22-13-10-16(14-22)15-23-2)21-12-7-11-20-17-8-5-4-6-9-17/h4-6,8-9,16,20H,3,7,10-15H2,1-2H3,(H,19,21). The minimum absolute atomic E-state index is 0.628. The van der Waals surface area contributed by atoms with Crippen LogP contribution >= 0.6 is 0 Å². The smallest absolute Gasteiger partial charge is 0.193 e. The third kappa shape index (κ3) is 6.10. The Labute approximate surface area is 140 Å². The van der Waals surface area contributed by atoms with Crippen LogP contribution in [0.4, 0.5) is 5.69 Å². The molecule has 0 aliphatic carbocycles. The van der Waals surface area contributed by atoms with Gasteiger partial charge in [0.1, 0.15) is 0 Å². The molecule has 0 bridgehead atoms. The molecule has 0 spiro atoms. The average molecular weight is 318 g/mol. The first-order valence-corrected chi connectivity index (χ1v) is 8.64. The van der Waals surface area contributed by atoms with E-state index in [1.54, 1.807) is 7.11 Å². The third-order valence-corrected chi connectivity index (χ3v) is 4.02. The van der Waals surface area contributed by atoms with Crippen molar-refractivity contribution >= 4 is 11.6 Å². The van der Waals surface area contributed by atoms with Gasteiger partial charge in [0.05, 0.1) is 6.61 Å². The number of benzene rings is 1. The Bertz CT molecular complexity index is 463. The Hall–Kier alpha value is -1.75. The number of hydrogen-bond acceptors (Lipinski definition) is 3. The van der Waals surface area contributed by atoms with Crippen molar-refractivity contribution in [1.29, 1.82) is 0 Å². The molecule has 0 aromatic heterocycles. The summed E-state index contributed by atoms with van der Waals surface area (Å²) in [5.41, 5.74) is 1.17. The van der Waals surface area contributed by atoms with Crippen LogP contribution in [0.1, 0.15) is 19.8 Å². The van der Waals surface area contributed by atoms with Crippen LogP contribution in [0.25, 0.3) is 0 Å². The van der Waals surface area contributed by atoms with Crippen LogP contribution in [0.5, 0.6) is 0 Å². The van der Waals surface area contributed by atoms with E-state index in [-0.39, 0.29) is 0 Å². The van der Waals surface area contributed by atoms with Gasteiger partial charge in [-0.1, -0.05) is 18.2 Å². The molecule has 5 heteroatoms. The molecule has 1 aromatic rings. The van der Waals surface area contributed by atoms with E-state index in [0.717, 1.165) is 51.7 Å². The van der Waals surface area contributed by atoms with Gasteiger partial charge in [0, 0.05) is 51.4 Å². The minimum atomic E-state index is 0.628. The molecule has 1 heterocycles. The van der Waals surface area contributed by atoms with Gasteiger partial charge in [-0.05, 0) is 31.9 Å². The zero-order valence-corrected chi connectivity index (χ0v) is 14.4. The van der Waals surface area contributed by atoms with Crippen molar-refractivity contribution in [3.05, 3.63) is 30.3 Å². The highest BCUT2D eigenvalue weighted by atomic mass is 16.5. The fourth-order valence-electron chi connectivity index (χ4n) is 2.88. The lowest BCUT2D eigenvalue weighted by atomic mass is 10.1. The maximum atomic E-state index is 5.27. The van der Waals surface area contributed by atoms with Crippen LogP contribution in [0, 0.1) is 5.92 Å². The number of nitrogens with one attached hydrogen (secondary N) is 2. The first-order valence-electron chi connectivity index (χ1n) is 8.64. The number of anilines is 1. The summed E-state index contributed by atoms with van der Waals surface area (Å²) in [5, 5.41) is 6.83. The molecule has 1 aliphatic rings. The number of likely N-dealkylation sites (tertiary alicyclic amines) is 1. The molecule has 5 nitrogen and oxygen atoms in total. The Balaban J connectivity index is 1.73. The van der Waals surface area contributed by atoms with Gasteiger partial charge in [-0.15, -0.1) is 0 Å². The summed E-state index contributed by atoms with van der Waals surface area (Å²) in [5.74, 6) is 1.68. The topological polar surface area (TPSA) is 48.9 Å². The molecule has 1 unspecified atom stereocenters. The average Bonchev–Trinajstić information content (AvgIpc) is 3.03. The molecule has 2 rings (SSSR count). The van der Waals surface area contributed by atoms with Crippen LogP contribution in [-0.2, 0) is 4.74 Å². The zero-order valence-electron chi connectivity index (χ0n) is 14.4. The SMILES string of the molecule is CCNC(=NCCCNc1ccccc1)N1CCC(COC)C1. The maximum Gasteiger partial charge on any atom is 0.193 e. The summed E-state index contributed by atoms with van der Waals surface area (Å²) in [6.07, 6.45) is 2.22. The van der Waals surface area contributed by atoms with Gasteiger partial charge in [0.2, 0.25) is 0 Å². The Kier molecular flexibility index (Phi) is 7.73. The Morgan fingerprint density at radius 3 is 2.91 bits per heavy atom. The molecule has 0 radical (unpaired) electrons. The molecule has 1 fully saturated rings. The molecule has 128 valence electrons. The number of rotatable bonds is 8. The van der Waals surface area contributed by atoms with Crippen molar-refractivity contribution < 1.29 is 4.74 Å². The van der Waals surface area contributed by atoms with Crippen LogP contribution in [0.3, 0.4) is 0 Å². The lowest BCUT2D eigenvalue weighted by molar-refractivity contribution is 0.157. The molecule has 1 aromatic carbocycles. The molecule has 0 amide bonds. The molecular formula is C18H30N4O. The monoisotopic (exact) mass is 318 g/mol. The molecule has 1 aliphatic heterocycles. The van der Waals surface area contributed by atoms with Crippen LogP contribution in [0.2, 0.25) is 0 Å². The number of ether oxygens (including phenoxy) is 1. The molecular weight excluding hydrogens is 288 g/mol. The fraction of sp³-hybridized carbons (Fsp3) is 0.611. The highest BCUT2D eigenvalue weighted by molar-refractivity contribution is 5.80. The quantitative estimate of drug-likeness (QED) is 0.439. The molecule has 1 atom stereocenters. The van der Waals surface area contributed by atoms with Crippen LogP contribution < -0.4 is 10.6 Å². The van der Waals surface area contributed by atoms with Crippen molar-refractivity contribution in [3.8, 4) is 0 Å². The normalized spacial score (nSPS) is 18.3. The number of hydrogen-bond donors (Lipinski definition) is 2. The van der Waals surface area contributed by atoms with E-state index in [4.69, 9.17) is 9.73 Å².